The van der Waals surface area contributed by atoms with Crippen LogP contribution in [0.4, 0.5) is 0 Å². The van der Waals surface area contributed by atoms with Gasteiger partial charge in [-0.2, -0.15) is 0 Å². The van der Waals surface area contributed by atoms with E-state index in [1.807, 2.05) is 19.2 Å². The molecule has 1 aromatic rings. The molecule has 1 saturated carbocycles. The van der Waals surface area contributed by atoms with Crippen LogP contribution in [0.1, 0.15) is 24.3 Å². The quantitative estimate of drug-likeness (QED) is 0.872. The summed E-state index contributed by atoms with van der Waals surface area (Å²) in [7, 11) is 3.66. The van der Waals surface area contributed by atoms with Crippen LogP contribution in [0.2, 0.25) is 5.02 Å². The van der Waals surface area contributed by atoms with Crippen molar-refractivity contribution in [3.05, 3.63) is 28.8 Å². The van der Waals surface area contributed by atoms with E-state index in [2.05, 4.69) is 11.4 Å². The van der Waals surface area contributed by atoms with Gasteiger partial charge in [0.1, 0.15) is 5.75 Å². The maximum Gasteiger partial charge on any atom is 0.137 e. The molecule has 0 aromatic heterocycles. The zero-order chi connectivity index (χ0) is 11.5. The number of ether oxygens (including phenoxy) is 1. The molecule has 1 fully saturated rings. The predicted octanol–water partition coefficient (Wildman–Crippen LogP) is 3.06. The second-order valence-corrected chi connectivity index (χ2v) is 4.89. The molecule has 0 saturated heterocycles. The van der Waals surface area contributed by atoms with Crippen molar-refractivity contribution in [2.24, 2.45) is 5.92 Å². The van der Waals surface area contributed by atoms with Gasteiger partial charge in [0, 0.05) is 0 Å². The average Bonchev–Trinajstić information content (AvgIpc) is 2.22. The Kier molecular flexibility index (Phi) is 3.72. The third-order valence-electron chi connectivity index (χ3n) is 3.38. The number of hydrogen-bond acceptors (Lipinski definition) is 2. The number of rotatable bonds is 4. The minimum Gasteiger partial charge on any atom is -0.495 e. The maximum atomic E-state index is 6.11. The number of hydrogen-bond donors (Lipinski definition) is 1. The molecule has 0 amide bonds. The highest BCUT2D eigenvalue weighted by atomic mass is 35.5. The second kappa shape index (κ2) is 5.07. The summed E-state index contributed by atoms with van der Waals surface area (Å²) < 4.78 is 5.15. The van der Waals surface area contributed by atoms with Gasteiger partial charge >= 0.3 is 0 Å². The zero-order valence-electron chi connectivity index (χ0n) is 9.79. The smallest absolute Gasteiger partial charge is 0.137 e. The maximum absolute atomic E-state index is 6.11. The van der Waals surface area contributed by atoms with E-state index in [9.17, 15) is 0 Å². The number of halogens is 1. The van der Waals surface area contributed by atoms with E-state index in [0.717, 1.165) is 23.2 Å². The van der Waals surface area contributed by atoms with Crippen molar-refractivity contribution in [1.82, 2.24) is 5.32 Å². The van der Waals surface area contributed by atoms with Crippen molar-refractivity contribution < 1.29 is 4.74 Å². The Morgan fingerprint density at radius 1 is 1.44 bits per heavy atom. The lowest BCUT2D eigenvalue weighted by Crippen LogP contribution is -2.30. The van der Waals surface area contributed by atoms with Gasteiger partial charge < -0.3 is 10.1 Å². The molecule has 16 heavy (non-hydrogen) atoms. The fourth-order valence-corrected chi connectivity index (χ4v) is 2.67. The van der Waals surface area contributed by atoms with E-state index in [4.69, 9.17) is 16.3 Å². The van der Waals surface area contributed by atoms with E-state index < -0.39 is 0 Å². The van der Waals surface area contributed by atoms with Crippen LogP contribution in [-0.2, 0) is 0 Å². The molecule has 0 bridgehead atoms. The van der Waals surface area contributed by atoms with Crippen molar-refractivity contribution >= 4 is 11.6 Å². The monoisotopic (exact) mass is 239 g/mol. The van der Waals surface area contributed by atoms with E-state index in [1.165, 1.54) is 18.4 Å². The van der Waals surface area contributed by atoms with Crippen LogP contribution >= 0.6 is 11.6 Å². The van der Waals surface area contributed by atoms with Crippen LogP contribution in [0.3, 0.4) is 0 Å². The lowest BCUT2D eigenvalue weighted by Gasteiger charge is -2.35. The highest BCUT2D eigenvalue weighted by Gasteiger charge is 2.29. The minimum atomic E-state index is 0.682. The van der Waals surface area contributed by atoms with Crippen molar-refractivity contribution in [2.75, 3.05) is 20.7 Å². The van der Waals surface area contributed by atoms with E-state index in [0.29, 0.717) is 5.92 Å². The number of nitrogens with one attached hydrogen (secondary N) is 1. The summed E-state index contributed by atoms with van der Waals surface area (Å²) in [6.07, 6.45) is 2.53. The topological polar surface area (TPSA) is 21.3 Å². The average molecular weight is 240 g/mol. The van der Waals surface area contributed by atoms with Crippen LogP contribution in [0.15, 0.2) is 18.2 Å². The molecule has 0 radical (unpaired) electrons. The molecule has 1 aliphatic carbocycles. The molecule has 88 valence electrons. The fourth-order valence-electron chi connectivity index (χ4n) is 2.40. The molecule has 1 aliphatic rings. The fraction of sp³-hybridized carbons (Fsp3) is 0.538. The van der Waals surface area contributed by atoms with Crippen LogP contribution < -0.4 is 10.1 Å². The first-order valence-corrected chi connectivity index (χ1v) is 6.10. The van der Waals surface area contributed by atoms with Gasteiger partial charge in [-0.3, -0.25) is 0 Å². The summed E-state index contributed by atoms with van der Waals surface area (Å²) in [6.45, 7) is 1.13. The van der Waals surface area contributed by atoms with Gasteiger partial charge in [0.15, 0.2) is 0 Å². The SMILES string of the molecule is CNCC1CC(c2ccc(OC)c(Cl)c2)C1. The molecule has 0 spiro atoms. The first-order valence-electron chi connectivity index (χ1n) is 5.72. The van der Waals surface area contributed by atoms with Crippen molar-refractivity contribution in [3.8, 4) is 5.75 Å². The summed E-state index contributed by atoms with van der Waals surface area (Å²) in [6, 6.07) is 6.13. The highest BCUT2D eigenvalue weighted by Crippen LogP contribution is 2.42. The number of methoxy groups -OCH3 is 1. The molecule has 0 aliphatic heterocycles. The lowest BCUT2D eigenvalue weighted by atomic mass is 9.71. The molecule has 3 heteroatoms. The standard InChI is InChI=1S/C13H18ClNO/c1-15-8-9-5-11(6-9)10-3-4-13(16-2)12(14)7-10/h3-4,7,9,11,15H,5-6,8H2,1-2H3. The largest absolute Gasteiger partial charge is 0.495 e. The molecule has 2 nitrogen and oxygen atoms in total. The third kappa shape index (κ3) is 2.33. The second-order valence-electron chi connectivity index (χ2n) is 4.49. The number of benzene rings is 1. The van der Waals surface area contributed by atoms with Crippen LogP contribution in [0.25, 0.3) is 0 Å². The molecule has 0 unspecified atom stereocenters. The summed E-state index contributed by atoms with van der Waals surface area (Å²) >= 11 is 6.11. The lowest BCUT2D eigenvalue weighted by molar-refractivity contribution is 0.259. The van der Waals surface area contributed by atoms with E-state index in [1.54, 1.807) is 7.11 Å². The van der Waals surface area contributed by atoms with E-state index in [-0.39, 0.29) is 0 Å². The molecule has 1 aromatic carbocycles. The van der Waals surface area contributed by atoms with Gasteiger partial charge in [-0.15, -0.1) is 0 Å². The van der Waals surface area contributed by atoms with Gasteiger partial charge in [0.05, 0.1) is 12.1 Å². The first kappa shape index (κ1) is 11.7. The van der Waals surface area contributed by atoms with Gasteiger partial charge in [-0.25, -0.2) is 0 Å². The van der Waals surface area contributed by atoms with Crippen LogP contribution in [0, 0.1) is 5.92 Å². The molecular formula is C13H18ClNO. The first-order chi connectivity index (χ1) is 7.74. The minimum absolute atomic E-state index is 0.682. The zero-order valence-corrected chi connectivity index (χ0v) is 10.6. The van der Waals surface area contributed by atoms with Crippen LogP contribution in [0.5, 0.6) is 5.75 Å². The van der Waals surface area contributed by atoms with Crippen LogP contribution in [-0.4, -0.2) is 20.7 Å². The normalized spacial score (nSPS) is 23.9. The molecule has 0 atom stereocenters. The summed E-state index contributed by atoms with van der Waals surface area (Å²) in [5, 5.41) is 3.94. The van der Waals surface area contributed by atoms with Gasteiger partial charge in [0.25, 0.3) is 0 Å². The van der Waals surface area contributed by atoms with Crippen molar-refractivity contribution in [2.45, 2.75) is 18.8 Å². The van der Waals surface area contributed by atoms with Crippen molar-refractivity contribution in [3.63, 3.8) is 0 Å². The summed E-state index contributed by atoms with van der Waals surface area (Å²) in [5.74, 6) is 2.27. The summed E-state index contributed by atoms with van der Waals surface area (Å²) in [5.41, 5.74) is 1.35. The van der Waals surface area contributed by atoms with Gasteiger partial charge in [-0.1, -0.05) is 17.7 Å². The van der Waals surface area contributed by atoms with Gasteiger partial charge in [0.2, 0.25) is 0 Å². The Hall–Kier alpha value is -0.730. The molecule has 1 N–H and O–H groups in total. The van der Waals surface area contributed by atoms with Gasteiger partial charge in [-0.05, 0) is 56.0 Å². The Bertz CT molecular complexity index is 361. The predicted molar refractivity (Wildman–Crippen MR) is 67.4 cm³/mol. The Balaban J connectivity index is 1.99. The Labute approximate surface area is 102 Å². The molecule has 0 heterocycles. The Morgan fingerprint density at radius 2 is 2.19 bits per heavy atom. The summed E-state index contributed by atoms with van der Waals surface area (Å²) in [4.78, 5) is 0. The van der Waals surface area contributed by atoms with E-state index >= 15 is 0 Å². The molecule has 2 rings (SSSR count). The Morgan fingerprint density at radius 3 is 2.75 bits per heavy atom. The highest BCUT2D eigenvalue weighted by molar-refractivity contribution is 6.32. The molecular weight excluding hydrogens is 222 g/mol. The van der Waals surface area contributed by atoms with Crippen molar-refractivity contribution in [1.29, 1.82) is 0 Å². The third-order valence-corrected chi connectivity index (χ3v) is 3.67.